The SMILES string of the molecule is Cc1oc2ncnc(NC3(C)CC3)c2c1C(=O)NCc1cnc(C2CC2)nc1. The monoisotopic (exact) mass is 378 g/mol. The van der Waals surface area contributed by atoms with Crippen molar-refractivity contribution in [3.05, 3.63) is 41.4 Å². The van der Waals surface area contributed by atoms with Gasteiger partial charge in [0.25, 0.3) is 5.91 Å². The number of nitrogens with zero attached hydrogens (tertiary/aromatic N) is 4. The molecule has 0 unspecified atom stereocenters. The number of aryl methyl sites for hydroxylation is 1. The van der Waals surface area contributed by atoms with E-state index in [0.29, 0.717) is 40.7 Å². The van der Waals surface area contributed by atoms with Crippen LogP contribution in [-0.4, -0.2) is 31.4 Å². The quantitative estimate of drug-likeness (QED) is 0.679. The third kappa shape index (κ3) is 3.19. The molecule has 2 saturated carbocycles. The maximum atomic E-state index is 12.9. The fourth-order valence-corrected chi connectivity index (χ4v) is 3.29. The summed E-state index contributed by atoms with van der Waals surface area (Å²) in [7, 11) is 0. The van der Waals surface area contributed by atoms with Crippen LogP contribution in [0.2, 0.25) is 0 Å². The van der Waals surface area contributed by atoms with E-state index in [2.05, 4.69) is 37.5 Å². The van der Waals surface area contributed by atoms with E-state index in [1.54, 1.807) is 19.3 Å². The fraction of sp³-hybridized carbons (Fsp3) is 0.450. The summed E-state index contributed by atoms with van der Waals surface area (Å²) in [6.45, 7) is 4.26. The van der Waals surface area contributed by atoms with Crippen LogP contribution in [-0.2, 0) is 6.54 Å². The summed E-state index contributed by atoms with van der Waals surface area (Å²) in [5, 5.41) is 7.00. The number of amides is 1. The van der Waals surface area contributed by atoms with Crippen molar-refractivity contribution in [2.75, 3.05) is 5.32 Å². The smallest absolute Gasteiger partial charge is 0.255 e. The molecule has 5 rings (SSSR count). The molecule has 144 valence electrons. The first-order valence-electron chi connectivity index (χ1n) is 9.64. The molecule has 2 N–H and O–H groups in total. The molecule has 0 spiro atoms. The van der Waals surface area contributed by atoms with Crippen molar-refractivity contribution in [2.24, 2.45) is 0 Å². The minimum absolute atomic E-state index is 0.0286. The molecule has 1 amide bonds. The highest BCUT2D eigenvalue weighted by atomic mass is 16.3. The van der Waals surface area contributed by atoms with E-state index in [1.807, 2.05) is 0 Å². The van der Waals surface area contributed by atoms with Gasteiger partial charge in [0.05, 0.1) is 10.9 Å². The Labute approximate surface area is 162 Å². The third-order valence-electron chi connectivity index (χ3n) is 5.43. The van der Waals surface area contributed by atoms with Crippen LogP contribution >= 0.6 is 0 Å². The number of aromatic nitrogens is 4. The summed E-state index contributed by atoms with van der Waals surface area (Å²) in [6, 6.07) is 0. The lowest BCUT2D eigenvalue weighted by Gasteiger charge is -2.13. The minimum Gasteiger partial charge on any atom is -0.442 e. The molecule has 2 aliphatic carbocycles. The lowest BCUT2D eigenvalue weighted by atomic mass is 10.1. The van der Waals surface area contributed by atoms with Crippen molar-refractivity contribution in [1.82, 2.24) is 25.3 Å². The Hall–Kier alpha value is -3.03. The molecular weight excluding hydrogens is 356 g/mol. The standard InChI is InChI=1S/C20H22N6O2/c1-11-14(15-17(26-20(2)5-6-20)24-10-25-19(15)28-11)18(27)23-9-12-7-21-16(22-8-12)13-3-4-13/h7-8,10,13H,3-6,9H2,1-2H3,(H,23,27)(H,24,25,26). The Balaban J connectivity index is 1.38. The lowest BCUT2D eigenvalue weighted by Crippen LogP contribution is -2.24. The van der Waals surface area contributed by atoms with Gasteiger partial charge in [-0.2, -0.15) is 0 Å². The van der Waals surface area contributed by atoms with Crippen LogP contribution in [0.3, 0.4) is 0 Å². The Morgan fingerprint density at radius 2 is 1.96 bits per heavy atom. The maximum absolute atomic E-state index is 12.9. The summed E-state index contributed by atoms with van der Waals surface area (Å²) < 4.78 is 5.72. The molecule has 0 aliphatic heterocycles. The number of furan rings is 1. The van der Waals surface area contributed by atoms with Gasteiger partial charge in [-0.3, -0.25) is 4.79 Å². The number of hydrogen-bond donors (Lipinski definition) is 2. The Kier molecular flexibility index (Phi) is 3.82. The Morgan fingerprint density at radius 3 is 2.64 bits per heavy atom. The van der Waals surface area contributed by atoms with E-state index in [-0.39, 0.29) is 11.4 Å². The van der Waals surface area contributed by atoms with Gasteiger partial charge in [0, 0.05) is 36.0 Å². The molecule has 0 aromatic carbocycles. The molecule has 8 heteroatoms. The first kappa shape index (κ1) is 17.1. The molecule has 0 radical (unpaired) electrons. The predicted octanol–water partition coefficient (Wildman–Crippen LogP) is 3.09. The molecular formula is C20H22N6O2. The zero-order valence-electron chi connectivity index (χ0n) is 16.0. The number of hydrogen-bond acceptors (Lipinski definition) is 7. The molecule has 8 nitrogen and oxygen atoms in total. The van der Waals surface area contributed by atoms with Crippen molar-refractivity contribution < 1.29 is 9.21 Å². The average molecular weight is 378 g/mol. The van der Waals surface area contributed by atoms with Crippen LogP contribution in [0, 0.1) is 6.92 Å². The molecule has 3 aromatic heterocycles. The normalized spacial score (nSPS) is 17.5. The zero-order valence-corrected chi connectivity index (χ0v) is 16.0. The van der Waals surface area contributed by atoms with Crippen molar-refractivity contribution in [3.8, 4) is 0 Å². The second-order valence-electron chi connectivity index (χ2n) is 8.03. The minimum atomic E-state index is -0.221. The molecule has 28 heavy (non-hydrogen) atoms. The number of carbonyl (C=O) groups excluding carboxylic acids is 1. The van der Waals surface area contributed by atoms with Gasteiger partial charge in [0.1, 0.15) is 23.7 Å². The van der Waals surface area contributed by atoms with Crippen LogP contribution in [0.5, 0.6) is 0 Å². The first-order chi connectivity index (χ1) is 13.5. The van der Waals surface area contributed by atoms with E-state index in [4.69, 9.17) is 4.42 Å². The van der Waals surface area contributed by atoms with E-state index < -0.39 is 0 Å². The van der Waals surface area contributed by atoms with Crippen molar-refractivity contribution >= 4 is 22.8 Å². The second-order valence-corrected chi connectivity index (χ2v) is 8.03. The number of carbonyl (C=O) groups is 1. The molecule has 3 heterocycles. The van der Waals surface area contributed by atoms with Crippen LogP contribution in [0.4, 0.5) is 5.82 Å². The van der Waals surface area contributed by atoms with E-state index in [9.17, 15) is 4.79 Å². The number of fused-ring (bicyclic) bond motifs is 1. The van der Waals surface area contributed by atoms with Crippen LogP contribution in [0.15, 0.2) is 23.1 Å². The number of rotatable bonds is 6. The van der Waals surface area contributed by atoms with Crippen molar-refractivity contribution in [1.29, 1.82) is 0 Å². The topological polar surface area (TPSA) is 106 Å². The van der Waals surface area contributed by atoms with E-state index in [0.717, 1.165) is 24.2 Å². The molecule has 0 bridgehead atoms. The molecule has 3 aromatic rings. The summed E-state index contributed by atoms with van der Waals surface area (Å²) in [5.41, 5.74) is 1.78. The largest absolute Gasteiger partial charge is 0.442 e. The van der Waals surface area contributed by atoms with Crippen LogP contribution < -0.4 is 10.6 Å². The maximum Gasteiger partial charge on any atom is 0.255 e. The average Bonchev–Trinajstić information content (AvgIpc) is 3.60. The molecule has 2 fully saturated rings. The fourth-order valence-electron chi connectivity index (χ4n) is 3.29. The van der Waals surface area contributed by atoms with Gasteiger partial charge in [0.2, 0.25) is 5.71 Å². The third-order valence-corrected chi connectivity index (χ3v) is 5.43. The van der Waals surface area contributed by atoms with Crippen LogP contribution in [0.25, 0.3) is 11.1 Å². The Morgan fingerprint density at radius 1 is 1.21 bits per heavy atom. The molecule has 0 saturated heterocycles. The van der Waals surface area contributed by atoms with Crippen molar-refractivity contribution in [3.63, 3.8) is 0 Å². The van der Waals surface area contributed by atoms with Gasteiger partial charge < -0.3 is 15.1 Å². The van der Waals surface area contributed by atoms with Gasteiger partial charge in [-0.05, 0) is 39.5 Å². The van der Waals surface area contributed by atoms with Gasteiger partial charge in [-0.1, -0.05) is 0 Å². The van der Waals surface area contributed by atoms with Gasteiger partial charge in [-0.25, -0.2) is 19.9 Å². The Bertz CT molecular complexity index is 1050. The first-order valence-corrected chi connectivity index (χ1v) is 9.64. The number of nitrogens with one attached hydrogen (secondary N) is 2. The summed E-state index contributed by atoms with van der Waals surface area (Å²) in [6.07, 6.45) is 9.51. The highest BCUT2D eigenvalue weighted by Gasteiger charge is 2.38. The predicted molar refractivity (Wildman–Crippen MR) is 103 cm³/mol. The summed E-state index contributed by atoms with van der Waals surface area (Å²) in [5.74, 6) is 2.36. The second kappa shape index (κ2) is 6.25. The summed E-state index contributed by atoms with van der Waals surface area (Å²) >= 11 is 0. The van der Waals surface area contributed by atoms with Crippen molar-refractivity contribution in [2.45, 2.75) is 57.5 Å². The van der Waals surface area contributed by atoms with E-state index in [1.165, 1.54) is 19.2 Å². The molecule has 2 aliphatic rings. The zero-order chi connectivity index (χ0) is 19.3. The highest BCUT2D eigenvalue weighted by molar-refractivity contribution is 6.10. The lowest BCUT2D eigenvalue weighted by molar-refractivity contribution is 0.0950. The van der Waals surface area contributed by atoms with E-state index >= 15 is 0 Å². The number of anilines is 1. The summed E-state index contributed by atoms with van der Waals surface area (Å²) in [4.78, 5) is 30.3. The molecule has 0 atom stereocenters. The van der Waals surface area contributed by atoms with Gasteiger partial charge in [0.15, 0.2) is 0 Å². The van der Waals surface area contributed by atoms with Gasteiger partial charge >= 0.3 is 0 Å². The van der Waals surface area contributed by atoms with Crippen LogP contribution in [0.1, 0.15) is 66.0 Å². The highest BCUT2D eigenvalue weighted by Crippen LogP contribution is 2.40. The van der Waals surface area contributed by atoms with Gasteiger partial charge in [-0.15, -0.1) is 0 Å².